The largest absolute Gasteiger partial charge is 0.495 e. The minimum absolute atomic E-state index is 0.0359. The molecule has 0 aromatic heterocycles. The number of hydrogen-bond acceptors (Lipinski definition) is 5. The number of hydrogen-bond donors (Lipinski definition) is 3. The van der Waals surface area contributed by atoms with Gasteiger partial charge in [-0.05, 0) is 54.6 Å². The number of rotatable bonds is 6. The van der Waals surface area contributed by atoms with Crippen molar-refractivity contribution in [3.63, 3.8) is 0 Å². The van der Waals surface area contributed by atoms with Gasteiger partial charge in [0.05, 0.1) is 17.8 Å². The Morgan fingerprint density at radius 3 is 2.09 bits per heavy atom. The Balaban J connectivity index is 1.77. The lowest BCUT2D eigenvalue weighted by Crippen LogP contribution is -2.41. The van der Waals surface area contributed by atoms with E-state index < -0.39 is 21.8 Å². The van der Waals surface area contributed by atoms with Gasteiger partial charge in [-0.2, -0.15) is 0 Å². The molecular formula is C21H17Cl2N3O5S. The van der Waals surface area contributed by atoms with E-state index in [1.165, 1.54) is 49.6 Å². The first-order chi connectivity index (χ1) is 15.2. The van der Waals surface area contributed by atoms with Gasteiger partial charge in [-0.15, -0.1) is 0 Å². The quantitative estimate of drug-likeness (QED) is 0.451. The van der Waals surface area contributed by atoms with Gasteiger partial charge >= 0.3 is 0 Å². The van der Waals surface area contributed by atoms with Crippen molar-refractivity contribution in [3.05, 3.63) is 87.9 Å². The summed E-state index contributed by atoms with van der Waals surface area (Å²) < 4.78 is 33.3. The number of para-hydroxylation sites is 2. The van der Waals surface area contributed by atoms with Gasteiger partial charge in [0.15, 0.2) is 0 Å². The fourth-order valence-corrected chi connectivity index (χ4v) is 4.36. The van der Waals surface area contributed by atoms with Crippen molar-refractivity contribution >= 4 is 50.7 Å². The molecule has 8 nitrogen and oxygen atoms in total. The minimum atomic E-state index is -4.15. The topological polar surface area (TPSA) is 114 Å². The van der Waals surface area contributed by atoms with Crippen LogP contribution >= 0.6 is 23.2 Å². The first-order valence-corrected chi connectivity index (χ1v) is 11.3. The highest BCUT2D eigenvalue weighted by Crippen LogP contribution is 2.29. The highest BCUT2D eigenvalue weighted by molar-refractivity contribution is 7.92. The van der Waals surface area contributed by atoms with Crippen molar-refractivity contribution in [2.24, 2.45) is 0 Å². The zero-order valence-corrected chi connectivity index (χ0v) is 18.9. The number of benzene rings is 3. The normalized spacial score (nSPS) is 10.8. The van der Waals surface area contributed by atoms with Crippen LogP contribution in [-0.2, 0) is 10.0 Å². The molecule has 3 aromatic carbocycles. The van der Waals surface area contributed by atoms with Crippen LogP contribution in [0.3, 0.4) is 0 Å². The number of carbonyl (C=O) groups is 2. The van der Waals surface area contributed by atoms with Crippen LogP contribution in [0.2, 0.25) is 10.0 Å². The average Bonchev–Trinajstić information content (AvgIpc) is 2.78. The highest BCUT2D eigenvalue weighted by atomic mass is 35.5. The van der Waals surface area contributed by atoms with E-state index in [2.05, 4.69) is 15.6 Å². The van der Waals surface area contributed by atoms with Gasteiger partial charge in [0, 0.05) is 16.1 Å². The maximum absolute atomic E-state index is 12.9. The fourth-order valence-electron chi connectivity index (χ4n) is 2.64. The Morgan fingerprint density at radius 1 is 0.844 bits per heavy atom. The van der Waals surface area contributed by atoms with Crippen LogP contribution < -0.4 is 20.3 Å². The van der Waals surface area contributed by atoms with Gasteiger partial charge in [-0.25, -0.2) is 8.42 Å². The molecule has 0 unspecified atom stereocenters. The molecule has 11 heteroatoms. The van der Waals surface area contributed by atoms with Gasteiger partial charge in [0.25, 0.3) is 21.8 Å². The zero-order valence-electron chi connectivity index (χ0n) is 16.6. The summed E-state index contributed by atoms with van der Waals surface area (Å²) in [4.78, 5) is 24.3. The molecule has 3 aromatic rings. The molecule has 0 aliphatic carbocycles. The molecule has 2 amide bonds. The third kappa shape index (κ3) is 5.50. The number of halogens is 2. The summed E-state index contributed by atoms with van der Waals surface area (Å²) in [5.41, 5.74) is 4.92. The first kappa shape index (κ1) is 23.4. The van der Waals surface area contributed by atoms with E-state index in [4.69, 9.17) is 27.9 Å². The molecule has 0 fully saturated rings. The second-order valence-electron chi connectivity index (χ2n) is 6.37. The summed E-state index contributed by atoms with van der Waals surface area (Å²) in [5.74, 6) is -1.00. The third-order valence-corrected chi connectivity index (χ3v) is 6.33. The number of sulfonamides is 1. The van der Waals surface area contributed by atoms with Crippen LogP contribution in [0.5, 0.6) is 5.75 Å². The molecule has 0 aliphatic rings. The van der Waals surface area contributed by atoms with Crippen LogP contribution in [0.4, 0.5) is 5.69 Å². The molecule has 0 saturated carbocycles. The van der Waals surface area contributed by atoms with Crippen molar-refractivity contribution in [2.45, 2.75) is 4.90 Å². The van der Waals surface area contributed by atoms with Crippen molar-refractivity contribution in [3.8, 4) is 5.75 Å². The summed E-state index contributed by atoms with van der Waals surface area (Å²) in [5, 5.41) is 0.372. The Labute approximate surface area is 194 Å². The van der Waals surface area contributed by atoms with Crippen LogP contribution in [0.1, 0.15) is 20.7 Å². The number of hydrazine groups is 1. The molecule has 0 atom stereocenters. The van der Waals surface area contributed by atoms with Gasteiger partial charge in [0.1, 0.15) is 10.6 Å². The minimum Gasteiger partial charge on any atom is -0.495 e. The van der Waals surface area contributed by atoms with E-state index in [0.717, 1.165) is 6.07 Å². The number of amides is 2. The summed E-state index contributed by atoms with van der Waals surface area (Å²) in [6.45, 7) is 0. The fraction of sp³-hybridized carbons (Fsp3) is 0.0476. The van der Waals surface area contributed by atoms with E-state index in [1.807, 2.05) is 0 Å². The smallest absolute Gasteiger partial charge is 0.269 e. The Morgan fingerprint density at radius 2 is 1.44 bits per heavy atom. The lowest BCUT2D eigenvalue weighted by Gasteiger charge is -2.13. The predicted molar refractivity (Wildman–Crippen MR) is 122 cm³/mol. The van der Waals surface area contributed by atoms with E-state index in [1.54, 1.807) is 18.2 Å². The Bertz CT molecular complexity index is 1260. The summed E-state index contributed by atoms with van der Waals surface area (Å²) in [6.07, 6.45) is 0. The molecule has 0 spiro atoms. The monoisotopic (exact) mass is 493 g/mol. The highest BCUT2D eigenvalue weighted by Gasteiger charge is 2.22. The maximum Gasteiger partial charge on any atom is 0.269 e. The maximum atomic E-state index is 12.9. The van der Waals surface area contributed by atoms with Crippen LogP contribution in [-0.4, -0.2) is 27.3 Å². The summed E-state index contributed by atoms with van der Waals surface area (Å²) in [6, 6.07) is 16.2. The molecule has 3 rings (SSSR count). The number of nitrogens with one attached hydrogen (secondary N) is 3. The number of methoxy groups -OCH3 is 1. The molecule has 166 valence electrons. The van der Waals surface area contributed by atoms with Crippen LogP contribution in [0, 0.1) is 0 Å². The van der Waals surface area contributed by atoms with Gasteiger partial charge in [0.2, 0.25) is 0 Å². The molecule has 3 N–H and O–H groups in total. The average molecular weight is 494 g/mol. The van der Waals surface area contributed by atoms with Crippen LogP contribution in [0.15, 0.2) is 71.6 Å². The lowest BCUT2D eigenvalue weighted by atomic mass is 10.2. The van der Waals surface area contributed by atoms with Crippen molar-refractivity contribution in [1.29, 1.82) is 0 Å². The molecule has 0 heterocycles. The van der Waals surface area contributed by atoms with Crippen LogP contribution in [0.25, 0.3) is 0 Å². The van der Waals surface area contributed by atoms with Gasteiger partial charge in [-0.3, -0.25) is 25.2 Å². The zero-order chi connectivity index (χ0) is 23.3. The van der Waals surface area contributed by atoms with Gasteiger partial charge in [-0.1, -0.05) is 35.3 Å². The molecule has 32 heavy (non-hydrogen) atoms. The third-order valence-electron chi connectivity index (χ3n) is 4.23. The summed E-state index contributed by atoms with van der Waals surface area (Å²) >= 11 is 11.9. The summed E-state index contributed by atoms with van der Waals surface area (Å²) in [7, 11) is -2.75. The van der Waals surface area contributed by atoms with Crippen molar-refractivity contribution < 1.29 is 22.7 Å². The number of anilines is 1. The van der Waals surface area contributed by atoms with Gasteiger partial charge < -0.3 is 4.74 Å². The van der Waals surface area contributed by atoms with E-state index in [9.17, 15) is 18.0 Å². The number of carbonyl (C=O) groups excluding carboxylic acids is 2. The SMILES string of the molecule is COc1ccccc1NS(=O)(=O)c1cc(C(=O)NNC(=O)c2ccc(Cl)cc2)ccc1Cl. The molecule has 0 saturated heterocycles. The Kier molecular flexibility index (Phi) is 7.24. The Hall–Kier alpha value is -3.27. The standard InChI is InChI=1S/C21H17Cl2N3O5S/c1-31-18-5-3-2-4-17(18)26-32(29,30)19-12-14(8-11-16(19)23)21(28)25-24-20(27)13-6-9-15(22)10-7-13/h2-12,26H,1H3,(H,24,27)(H,25,28). The number of ether oxygens (including phenoxy) is 1. The molecular weight excluding hydrogens is 477 g/mol. The van der Waals surface area contributed by atoms with Crippen molar-refractivity contribution in [1.82, 2.24) is 10.9 Å². The van der Waals surface area contributed by atoms with E-state index >= 15 is 0 Å². The van der Waals surface area contributed by atoms with E-state index in [0.29, 0.717) is 10.8 Å². The van der Waals surface area contributed by atoms with E-state index in [-0.39, 0.29) is 26.7 Å². The molecule has 0 aliphatic heterocycles. The first-order valence-electron chi connectivity index (χ1n) is 9.03. The predicted octanol–water partition coefficient (Wildman–Crippen LogP) is 3.88. The molecule has 0 radical (unpaired) electrons. The molecule has 0 bridgehead atoms. The lowest BCUT2D eigenvalue weighted by molar-refractivity contribution is 0.0846. The second kappa shape index (κ2) is 9.90. The second-order valence-corrected chi connectivity index (χ2v) is 8.86. The van der Waals surface area contributed by atoms with Crippen molar-refractivity contribution in [2.75, 3.05) is 11.8 Å².